The van der Waals surface area contributed by atoms with Crippen molar-refractivity contribution < 1.29 is 23.9 Å². The van der Waals surface area contributed by atoms with E-state index in [1.807, 2.05) is 12.1 Å². The van der Waals surface area contributed by atoms with Crippen molar-refractivity contribution in [1.29, 1.82) is 0 Å². The molecule has 0 aliphatic carbocycles. The molecular formula is C19H16ClN3O5. The molecule has 2 aliphatic rings. The Balaban J connectivity index is 1.61. The molecule has 1 atom stereocenters. The van der Waals surface area contributed by atoms with Crippen molar-refractivity contribution in [3.05, 3.63) is 53.1 Å². The number of carbonyl (C=O) groups excluding carboxylic acids is 3. The molecule has 8 nitrogen and oxygen atoms in total. The Kier molecular flexibility index (Phi) is 4.35. The first kappa shape index (κ1) is 18.1. The minimum Gasteiger partial charge on any atom is -0.493 e. The van der Waals surface area contributed by atoms with E-state index in [1.54, 1.807) is 24.3 Å². The molecule has 1 saturated heterocycles. The highest BCUT2D eigenvalue weighted by atomic mass is 35.5. The molecule has 0 radical (unpaired) electrons. The van der Waals surface area contributed by atoms with E-state index in [0.717, 1.165) is 0 Å². The quantitative estimate of drug-likeness (QED) is 0.588. The van der Waals surface area contributed by atoms with Gasteiger partial charge in [-0.3, -0.25) is 14.9 Å². The SMILES string of the molecule is COc1ccccc1OCCN1C(=O)C2(NC(=O)NC2=O)c2cc(Cl)ccc21. The first-order valence-corrected chi connectivity index (χ1v) is 8.86. The second-order valence-corrected chi connectivity index (χ2v) is 6.71. The summed E-state index contributed by atoms with van der Waals surface area (Å²) in [6.07, 6.45) is 0. The lowest BCUT2D eigenvalue weighted by molar-refractivity contribution is -0.134. The van der Waals surface area contributed by atoms with Gasteiger partial charge in [0.2, 0.25) is 5.54 Å². The lowest BCUT2D eigenvalue weighted by atomic mass is 9.91. The molecule has 1 fully saturated rings. The number of hydrogen-bond acceptors (Lipinski definition) is 5. The number of rotatable bonds is 5. The third-order valence-electron chi connectivity index (χ3n) is 4.73. The zero-order valence-electron chi connectivity index (χ0n) is 14.8. The predicted molar refractivity (Wildman–Crippen MR) is 101 cm³/mol. The Labute approximate surface area is 165 Å². The molecule has 2 aliphatic heterocycles. The summed E-state index contributed by atoms with van der Waals surface area (Å²) >= 11 is 6.07. The van der Waals surface area contributed by atoms with Crippen molar-refractivity contribution in [2.24, 2.45) is 0 Å². The van der Waals surface area contributed by atoms with Crippen molar-refractivity contribution in [3.8, 4) is 11.5 Å². The average Bonchev–Trinajstić information content (AvgIpc) is 3.11. The Bertz CT molecular complexity index is 995. The van der Waals surface area contributed by atoms with Crippen molar-refractivity contribution in [2.45, 2.75) is 5.54 Å². The summed E-state index contributed by atoms with van der Waals surface area (Å²) in [4.78, 5) is 38.8. The van der Waals surface area contributed by atoms with Crippen LogP contribution in [0.1, 0.15) is 5.56 Å². The average molecular weight is 402 g/mol. The van der Waals surface area contributed by atoms with Gasteiger partial charge in [-0.05, 0) is 30.3 Å². The number of anilines is 1. The summed E-state index contributed by atoms with van der Waals surface area (Å²) in [6, 6.07) is 11.2. The summed E-state index contributed by atoms with van der Waals surface area (Å²) < 4.78 is 11.0. The van der Waals surface area contributed by atoms with Gasteiger partial charge in [-0.25, -0.2) is 4.79 Å². The van der Waals surface area contributed by atoms with Gasteiger partial charge in [-0.2, -0.15) is 0 Å². The molecule has 4 amide bonds. The Morgan fingerprint density at radius 2 is 1.86 bits per heavy atom. The van der Waals surface area contributed by atoms with E-state index >= 15 is 0 Å². The van der Waals surface area contributed by atoms with E-state index < -0.39 is 23.4 Å². The smallest absolute Gasteiger partial charge is 0.323 e. The number of nitrogens with zero attached hydrogens (tertiary/aromatic N) is 1. The summed E-state index contributed by atoms with van der Waals surface area (Å²) in [7, 11) is 1.54. The van der Waals surface area contributed by atoms with Crippen LogP contribution in [-0.2, 0) is 15.1 Å². The van der Waals surface area contributed by atoms with Gasteiger partial charge in [0.05, 0.1) is 19.3 Å². The zero-order chi connectivity index (χ0) is 19.9. The third-order valence-corrected chi connectivity index (χ3v) is 4.96. The summed E-state index contributed by atoms with van der Waals surface area (Å²) in [5.41, 5.74) is -0.970. The topological polar surface area (TPSA) is 97.0 Å². The monoisotopic (exact) mass is 401 g/mol. The van der Waals surface area contributed by atoms with Gasteiger partial charge in [0.1, 0.15) is 6.61 Å². The van der Waals surface area contributed by atoms with Crippen LogP contribution in [0.25, 0.3) is 0 Å². The van der Waals surface area contributed by atoms with Gasteiger partial charge < -0.3 is 19.7 Å². The van der Waals surface area contributed by atoms with Crippen LogP contribution in [0.15, 0.2) is 42.5 Å². The van der Waals surface area contributed by atoms with Gasteiger partial charge >= 0.3 is 6.03 Å². The van der Waals surface area contributed by atoms with Crippen LogP contribution in [0.4, 0.5) is 10.5 Å². The number of nitrogens with one attached hydrogen (secondary N) is 2. The normalized spacial score (nSPS) is 20.2. The number of benzene rings is 2. The fraction of sp³-hybridized carbons (Fsp3) is 0.211. The molecule has 2 N–H and O–H groups in total. The fourth-order valence-electron chi connectivity index (χ4n) is 3.47. The lowest BCUT2D eigenvalue weighted by Gasteiger charge is -2.21. The molecule has 1 unspecified atom stereocenters. The Morgan fingerprint density at radius 3 is 2.54 bits per heavy atom. The molecule has 28 heavy (non-hydrogen) atoms. The maximum atomic E-state index is 13.1. The molecule has 2 aromatic rings. The van der Waals surface area contributed by atoms with Gasteiger partial charge in [-0.1, -0.05) is 23.7 Å². The Hall–Kier alpha value is -3.26. The molecule has 9 heteroatoms. The van der Waals surface area contributed by atoms with Crippen LogP contribution in [0.5, 0.6) is 11.5 Å². The number of urea groups is 1. The number of methoxy groups -OCH3 is 1. The second kappa shape index (κ2) is 6.72. The number of amides is 4. The van der Waals surface area contributed by atoms with Crippen molar-refractivity contribution >= 4 is 35.1 Å². The minimum absolute atomic E-state index is 0.153. The van der Waals surface area contributed by atoms with E-state index in [4.69, 9.17) is 21.1 Å². The molecular weight excluding hydrogens is 386 g/mol. The standard InChI is InChI=1S/C19H16ClN3O5/c1-27-14-4-2-3-5-15(14)28-9-8-23-13-7-6-11(20)10-12(13)19(17(23)25)16(24)21-18(26)22-19/h2-7,10H,8-9H2,1H3,(H2,21,22,24,26). The largest absolute Gasteiger partial charge is 0.493 e. The van der Waals surface area contributed by atoms with Crippen LogP contribution in [0.3, 0.4) is 0 Å². The molecule has 1 spiro atoms. The van der Waals surface area contributed by atoms with Crippen molar-refractivity contribution in [2.75, 3.05) is 25.2 Å². The molecule has 2 aromatic carbocycles. The number of hydrogen-bond donors (Lipinski definition) is 2. The maximum absolute atomic E-state index is 13.1. The number of carbonyl (C=O) groups is 3. The zero-order valence-corrected chi connectivity index (χ0v) is 15.6. The summed E-state index contributed by atoms with van der Waals surface area (Å²) in [6.45, 7) is 0.316. The lowest BCUT2D eigenvalue weighted by Crippen LogP contribution is -2.52. The summed E-state index contributed by atoms with van der Waals surface area (Å²) in [5, 5.41) is 4.94. The van der Waals surface area contributed by atoms with Gasteiger partial charge in [-0.15, -0.1) is 0 Å². The number of ether oxygens (including phenoxy) is 2. The highest BCUT2D eigenvalue weighted by Gasteiger charge is 2.61. The third kappa shape index (κ3) is 2.65. The van der Waals surface area contributed by atoms with Gasteiger partial charge in [0.15, 0.2) is 11.5 Å². The van der Waals surface area contributed by atoms with Crippen molar-refractivity contribution in [3.63, 3.8) is 0 Å². The highest BCUT2D eigenvalue weighted by molar-refractivity contribution is 6.32. The molecule has 0 aromatic heterocycles. The first-order valence-electron chi connectivity index (χ1n) is 8.49. The predicted octanol–water partition coefficient (Wildman–Crippen LogP) is 1.81. The number of fused-ring (bicyclic) bond motifs is 2. The summed E-state index contributed by atoms with van der Waals surface area (Å²) in [5.74, 6) is -0.174. The van der Waals surface area contributed by atoms with Gasteiger partial charge in [0.25, 0.3) is 11.8 Å². The maximum Gasteiger partial charge on any atom is 0.323 e. The van der Waals surface area contributed by atoms with Crippen LogP contribution >= 0.6 is 11.6 Å². The van der Waals surface area contributed by atoms with Crippen LogP contribution in [0.2, 0.25) is 5.02 Å². The van der Waals surface area contributed by atoms with E-state index in [9.17, 15) is 14.4 Å². The molecule has 4 rings (SSSR count). The molecule has 0 bridgehead atoms. The molecule has 2 heterocycles. The molecule has 144 valence electrons. The molecule has 0 saturated carbocycles. The minimum atomic E-state index is -1.80. The van der Waals surface area contributed by atoms with Crippen LogP contribution in [0, 0.1) is 0 Å². The first-order chi connectivity index (χ1) is 13.5. The van der Waals surface area contributed by atoms with Crippen molar-refractivity contribution in [1.82, 2.24) is 10.6 Å². The van der Waals surface area contributed by atoms with E-state index in [1.165, 1.54) is 18.1 Å². The Morgan fingerprint density at radius 1 is 1.11 bits per heavy atom. The van der Waals surface area contributed by atoms with E-state index in [0.29, 0.717) is 27.8 Å². The second-order valence-electron chi connectivity index (χ2n) is 6.28. The van der Waals surface area contributed by atoms with E-state index in [-0.39, 0.29) is 13.2 Å². The highest BCUT2D eigenvalue weighted by Crippen LogP contribution is 2.43. The van der Waals surface area contributed by atoms with Crippen LogP contribution in [-0.4, -0.2) is 38.1 Å². The fourth-order valence-corrected chi connectivity index (χ4v) is 3.65. The number of halogens is 1. The van der Waals surface area contributed by atoms with E-state index in [2.05, 4.69) is 10.6 Å². The van der Waals surface area contributed by atoms with Crippen LogP contribution < -0.4 is 25.0 Å². The number of para-hydroxylation sites is 2. The van der Waals surface area contributed by atoms with Gasteiger partial charge in [0, 0.05) is 10.6 Å². The number of imide groups is 1.